The topological polar surface area (TPSA) is 81.4 Å². The Morgan fingerprint density at radius 3 is 2.46 bits per heavy atom. The highest BCUT2D eigenvalue weighted by molar-refractivity contribution is 7.90. The van der Waals surface area contributed by atoms with E-state index in [0.717, 1.165) is 11.6 Å². The van der Waals surface area contributed by atoms with Gasteiger partial charge in [0.1, 0.15) is 5.02 Å². The lowest BCUT2D eigenvalue weighted by Crippen LogP contribution is -2.19. The van der Waals surface area contributed by atoms with Crippen molar-refractivity contribution in [3.8, 4) is 0 Å². The Morgan fingerprint density at radius 1 is 1.27 bits per heavy atom. The first-order valence-corrected chi connectivity index (χ1v) is 9.47. The summed E-state index contributed by atoms with van der Waals surface area (Å²) in [7, 11) is -3.05. The molecule has 1 atom stereocenters. The normalized spacial score (nSPS) is 13.3. The zero-order valence-corrected chi connectivity index (χ0v) is 15.9. The van der Waals surface area contributed by atoms with E-state index < -0.39 is 32.3 Å². The molecule has 0 saturated carbocycles. The zero-order valence-electron chi connectivity index (χ0n) is 13.6. The maximum atomic E-state index is 14.5. The largest absolute Gasteiger partial charge is 0.363 e. The third-order valence-electron chi connectivity index (χ3n) is 3.81. The maximum Gasteiger partial charge on any atom is 0.269 e. The summed E-state index contributed by atoms with van der Waals surface area (Å²) in [5.74, 6) is -0.941. The highest BCUT2D eigenvalue weighted by Gasteiger charge is 2.29. The lowest BCUT2D eigenvalue weighted by Gasteiger charge is -2.14. The standard InChI is InChI=1S/C16H13Cl2FN2O4S/c1-8-3-5-9(6-4-8)26(23,24)21-11(16(22)25-2)7-10-13(19)12(17)14(18)20-15(10)21/h3-7,16,22H,1-2H3. The Bertz CT molecular complexity index is 1100. The monoisotopic (exact) mass is 418 g/mol. The van der Waals surface area contributed by atoms with Crippen LogP contribution in [-0.4, -0.2) is 29.6 Å². The number of fused-ring (bicyclic) bond motifs is 1. The minimum absolute atomic E-state index is 0.0709. The number of hydrogen-bond donors (Lipinski definition) is 1. The van der Waals surface area contributed by atoms with E-state index in [9.17, 15) is 17.9 Å². The van der Waals surface area contributed by atoms with Gasteiger partial charge in [0.25, 0.3) is 10.0 Å². The molecule has 0 fully saturated rings. The summed E-state index contributed by atoms with van der Waals surface area (Å²) in [6.45, 7) is 1.81. The van der Waals surface area contributed by atoms with Crippen molar-refractivity contribution in [2.24, 2.45) is 0 Å². The number of aryl methyl sites for hydroxylation is 1. The molecule has 1 aromatic carbocycles. The Labute approximate surface area is 158 Å². The van der Waals surface area contributed by atoms with Crippen LogP contribution >= 0.6 is 23.2 Å². The first-order chi connectivity index (χ1) is 12.2. The highest BCUT2D eigenvalue weighted by atomic mass is 35.5. The van der Waals surface area contributed by atoms with Crippen molar-refractivity contribution < 1.29 is 22.7 Å². The molecule has 0 saturated heterocycles. The fraction of sp³-hybridized carbons (Fsp3) is 0.188. The van der Waals surface area contributed by atoms with Crippen LogP contribution in [0.25, 0.3) is 11.0 Å². The van der Waals surface area contributed by atoms with Crippen molar-refractivity contribution in [3.05, 3.63) is 57.6 Å². The van der Waals surface area contributed by atoms with E-state index in [1.54, 1.807) is 19.1 Å². The van der Waals surface area contributed by atoms with E-state index in [-0.39, 0.29) is 21.6 Å². The average Bonchev–Trinajstić information content (AvgIpc) is 2.99. The van der Waals surface area contributed by atoms with Crippen LogP contribution in [0.5, 0.6) is 0 Å². The summed E-state index contributed by atoms with van der Waals surface area (Å²) in [4.78, 5) is 3.82. The number of aliphatic hydroxyl groups excluding tert-OH is 1. The van der Waals surface area contributed by atoms with Gasteiger partial charge in [-0.15, -0.1) is 0 Å². The Hall–Kier alpha value is -1.71. The number of pyridine rings is 1. The number of methoxy groups -OCH3 is 1. The Kier molecular flexibility index (Phi) is 4.98. The van der Waals surface area contributed by atoms with Crippen LogP contribution in [0.2, 0.25) is 10.2 Å². The number of benzene rings is 1. The molecule has 0 amide bonds. The number of aromatic nitrogens is 2. The molecule has 6 nitrogen and oxygen atoms in total. The maximum absolute atomic E-state index is 14.5. The van der Waals surface area contributed by atoms with Crippen molar-refractivity contribution in [2.75, 3.05) is 7.11 Å². The van der Waals surface area contributed by atoms with Gasteiger partial charge in [-0.2, -0.15) is 0 Å². The molecule has 0 aliphatic carbocycles. The molecule has 0 aliphatic heterocycles. The molecule has 3 rings (SSSR count). The first-order valence-electron chi connectivity index (χ1n) is 7.27. The van der Waals surface area contributed by atoms with Gasteiger partial charge in [-0.25, -0.2) is 21.8 Å². The average molecular weight is 419 g/mol. The molecule has 0 spiro atoms. The summed E-state index contributed by atoms with van der Waals surface area (Å²) in [6.07, 6.45) is -1.64. The minimum Gasteiger partial charge on any atom is -0.363 e. The predicted molar refractivity (Wildman–Crippen MR) is 95.4 cm³/mol. The number of halogens is 3. The third-order valence-corrected chi connectivity index (χ3v) is 6.26. The Balaban J connectivity index is 2.41. The van der Waals surface area contributed by atoms with Gasteiger partial charge >= 0.3 is 0 Å². The predicted octanol–water partition coefficient (Wildman–Crippen LogP) is 3.66. The third kappa shape index (κ3) is 2.97. The summed E-state index contributed by atoms with van der Waals surface area (Å²) in [5, 5.41) is 9.03. The summed E-state index contributed by atoms with van der Waals surface area (Å²) in [5.41, 5.74) is 0.328. The van der Waals surface area contributed by atoms with Gasteiger partial charge in [0.2, 0.25) is 0 Å². The molecule has 0 aliphatic rings. The lowest BCUT2D eigenvalue weighted by atomic mass is 10.2. The molecular formula is C16H13Cl2FN2O4S. The molecule has 10 heteroatoms. The van der Waals surface area contributed by atoms with E-state index in [1.807, 2.05) is 0 Å². The van der Waals surface area contributed by atoms with Crippen LogP contribution in [0.1, 0.15) is 17.5 Å². The molecule has 0 bridgehead atoms. The second-order valence-corrected chi connectivity index (χ2v) is 8.03. The molecule has 1 N–H and O–H groups in total. The van der Waals surface area contributed by atoms with Gasteiger partial charge in [-0.1, -0.05) is 40.9 Å². The van der Waals surface area contributed by atoms with E-state index in [4.69, 9.17) is 27.9 Å². The van der Waals surface area contributed by atoms with Crippen molar-refractivity contribution in [3.63, 3.8) is 0 Å². The second-order valence-electron chi connectivity index (χ2n) is 5.51. The van der Waals surface area contributed by atoms with Crippen molar-refractivity contribution in [2.45, 2.75) is 18.1 Å². The summed E-state index contributed by atoms with van der Waals surface area (Å²) < 4.78 is 46.2. The quantitative estimate of drug-likeness (QED) is 0.516. The highest BCUT2D eigenvalue weighted by Crippen LogP contribution is 2.35. The molecule has 26 heavy (non-hydrogen) atoms. The number of hydrogen-bond acceptors (Lipinski definition) is 5. The summed E-state index contributed by atoms with van der Waals surface area (Å²) in [6, 6.07) is 7.13. The van der Waals surface area contributed by atoms with Gasteiger partial charge in [0, 0.05) is 7.11 Å². The smallest absolute Gasteiger partial charge is 0.269 e. The van der Waals surface area contributed by atoms with Crippen LogP contribution < -0.4 is 0 Å². The molecule has 0 radical (unpaired) electrons. The van der Waals surface area contributed by atoms with Gasteiger partial charge < -0.3 is 9.84 Å². The SMILES string of the molecule is COC(O)c1cc2c(F)c(Cl)c(Cl)nc2n1S(=O)(=O)c1ccc(C)cc1. The van der Waals surface area contributed by atoms with Crippen molar-refractivity contribution in [1.82, 2.24) is 8.96 Å². The van der Waals surface area contributed by atoms with Gasteiger partial charge in [-0.05, 0) is 25.1 Å². The van der Waals surface area contributed by atoms with E-state index in [1.165, 1.54) is 19.2 Å². The van der Waals surface area contributed by atoms with E-state index in [0.29, 0.717) is 3.97 Å². The van der Waals surface area contributed by atoms with Crippen LogP contribution in [-0.2, 0) is 14.8 Å². The van der Waals surface area contributed by atoms with Crippen LogP contribution in [0.4, 0.5) is 4.39 Å². The van der Waals surface area contributed by atoms with Gasteiger partial charge in [-0.3, -0.25) is 0 Å². The molecular weight excluding hydrogens is 406 g/mol. The van der Waals surface area contributed by atoms with Crippen LogP contribution in [0, 0.1) is 12.7 Å². The molecule has 3 aromatic rings. The lowest BCUT2D eigenvalue weighted by molar-refractivity contribution is -0.0801. The number of rotatable bonds is 4. The molecule has 138 valence electrons. The van der Waals surface area contributed by atoms with E-state index >= 15 is 0 Å². The Morgan fingerprint density at radius 2 is 1.88 bits per heavy atom. The van der Waals surface area contributed by atoms with Crippen molar-refractivity contribution in [1.29, 1.82) is 0 Å². The zero-order chi connectivity index (χ0) is 19.2. The van der Waals surface area contributed by atoms with Gasteiger partial charge in [0.05, 0.1) is 16.0 Å². The number of ether oxygens (including phenoxy) is 1. The van der Waals surface area contributed by atoms with Crippen molar-refractivity contribution >= 4 is 44.3 Å². The number of aliphatic hydroxyl groups is 1. The van der Waals surface area contributed by atoms with Gasteiger partial charge in [0.15, 0.2) is 22.9 Å². The summed E-state index contributed by atoms with van der Waals surface area (Å²) >= 11 is 11.6. The second kappa shape index (κ2) is 6.79. The van der Waals surface area contributed by atoms with E-state index in [2.05, 4.69) is 4.98 Å². The minimum atomic E-state index is -4.23. The fourth-order valence-corrected chi connectivity index (χ4v) is 4.27. The van der Waals surface area contributed by atoms with Crippen LogP contribution in [0.3, 0.4) is 0 Å². The first kappa shape index (κ1) is 19.1. The molecule has 2 aromatic heterocycles. The fourth-order valence-electron chi connectivity index (χ4n) is 2.48. The molecule has 2 heterocycles. The number of nitrogens with zero attached hydrogens (tertiary/aromatic N) is 2. The van der Waals surface area contributed by atoms with Crippen LogP contribution in [0.15, 0.2) is 35.2 Å². The molecule has 1 unspecified atom stereocenters.